The molecule has 0 aromatic carbocycles. The van der Waals surface area contributed by atoms with Crippen molar-refractivity contribution in [2.75, 3.05) is 26.2 Å². The Morgan fingerprint density at radius 1 is 1.41 bits per heavy atom. The zero-order valence-corrected chi connectivity index (χ0v) is 11.6. The minimum absolute atomic E-state index is 0.151. The first-order valence-electron chi connectivity index (χ1n) is 6.94. The quantitative estimate of drug-likeness (QED) is 0.792. The fraction of sp³-hybridized carbons (Fsp3) is 0.929. The average Bonchev–Trinajstić information content (AvgIpc) is 2.64. The molecule has 0 amide bonds. The lowest BCUT2D eigenvalue weighted by Crippen LogP contribution is -2.48. The lowest BCUT2D eigenvalue weighted by Gasteiger charge is -2.33. The number of nitrogens with one attached hydrogen (secondary N) is 1. The molecule has 3 heteroatoms. The van der Waals surface area contributed by atoms with Gasteiger partial charge in [0.15, 0.2) is 5.78 Å². The fourth-order valence-electron chi connectivity index (χ4n) is 3.35. The first-order valence-corrected chi connectivity index (χ1v) is 6.94. The Hall–Kier alpha value is -0.410. The maximum atomic E-state index is 12.6. The number of Topliss-reactive ketones (excluding diaryl/α,β-unsaturated/α-hetero) is 1. The molecule has 0 aromatic heterocycles. The summed E-state index contributed by atoms with van der Waals surface area (Å²) in [7, 11) is 0. The number of nitrogens with zero attached hydrogens (tertiary/aromatic N) is 1. The van der Waals surface area contributed by atoms with Gasteiger partial charge in [0.2, 0.25) is 0 Å². The van der Waals surface area contributed by atoms with E-state index in [1.165, 1.54) is 6.42 Å². The van der Waals surface area contributed by atoms with Crippen LogP contribution >= 0.6 is 0 Å². The minimum atomic E-state index is -0.218. The van der Waals surface area contributed by atoms with Crippen LogP contribution < -0.4 is 5.32 Å². The van der Waals surface area contributed by atoms with Crippen molar-refractivity contribution >= 4 is 5.78 Å². The van der Waals surface area contributed by atoms with Crippen LogP contribution in [0.2, 0.25) is 0 Å². The van der Waals surface area contributed by atoms with Crippen LogP contribution in [0, 0.1) is 17.3 Å². The maximum absolute atomic E-state index is 12.6. The van der Waals surface area contributed by atoms with Crippen LogP contribution in [0.3, 0.4) is 0 Å². The van der Waals surface area contributed by atoms with Crippen molar-refractivity contribution in [1.29, 1.82) is 0 Å². The van der Waals surface area contributed by atoms with Crippen molar-refractivity contribution in [2.24, 2.45) is 17.3 Å². The summed E-state index contributed by atoms with van der Waals surface area (Å²) in [6.45, 7) is 12.6. The second kappa shape index (κ2) is 4.69. The molecule has 2 heterocycles. The molecular formula is C14H26N2O. The van der Waals surface area contributed by atoms with E-state index in [4.69, 9.17) is 0 Å². The highest BCUT2D eigenvalue weighted by Crippen LogP contribution is 2.37. The molecule has 2 aliphatic heterocycles. The number of fused-ring (bicyclic) bond motifs is 1. The molecule has 0 bridgehead atoms. The van der Waals surface area contributed by atoms with Gasteiger partial charge in [0.1, 0.15) is 0 Å². The summed E-state index contributed by atoms with van der Waals surface area (Å²) in [5.41, 5.74) is -0.218. The third-order valence-electron chi connectivity index (χ3n) is 4.36. The number of hydrogen-bond donors (Lipinski definition) is 1. The van der Waals surface area contributed by atoms with Gasteiger partial charge in [-0.05, 0) is 31.3 Å². The molecule has 0 radical (unpaired) electrons. The zero-order valence-electron chi connectivity index (χ0n) is 11.6. The molecule has 0 aliphatic carbocycles. The van der Waals surface area contributed by atoms with Crippen LogP contribution in [0.15, 0.2) is 0 Å². The molecule has 0 saturated carbocycles. The van der Waals surface area contributed by atoms with E-state index in [1.54, 1.807) is 0 Å². The predicted molar refractivity (Wildman–Crippen MR) is 70.0 cm³/mol. The molecule has 0 aromatic rings. The standard InChI is InChI=1S/C14H26N2O/c1-5-16-9-10-6-7-15-8-11(10)12(16)13(17)14(2,3)4/h10-12,15H,5-9H2,1-4H3. The fourth-order valence-corrected chi connectivity index (χ4v) is 3.35. The highest BCUT2D eigenvalue weighted by Gasteiger charge is 2.47. The van der Waals surface area contributed by atoms with Crippen molar-refractivity contribution in [3.63, 3.8) is 0 Å². The van der Waals surface area contributed by atoms with E-state index >= 15 is 0 Å². The van der Waals surface area contributed by atoms with Gasteiger partial charge >= 0.3 is 0 Å². The number of ketones is 1. The topological polar surface area (TPSA) is 32.3 Å². The second-order valence-corrected chi connectivity index (χ2v) is 6.56. The summed E-state index contributed by atoms with van der Waals surface area (Å²) < 4.78 is 0. The van der Waals surface area contributed by atoms with E-state index in [1.807, 2.05) is 20.8 Å². The first kappa shape index (κ1) is 13.0. The molecular weight excluding hydrogens is 212 g/mol. The summed E-state index contributed by atoms with van der Waals surface area (Å²) in [5, 5.41) is 3.46. The molecule has 2 aliphatic rings. The second-order valence-electron chi connectivity index (χ2n) is 6.56. The van der Waals surface area contributed by atoms with Crippen molar-refractivity contribution in [2.45, 2.75) is 40.2 Å². The SMILES string of the molecule is CCN1CC2CCNCC2C1C(=O)C(C)(C)C. The molecule has 3 nitrogen and oxygen atoms in total. The molecule has 17 heavy (non-hydrogen) atoms. The minimum Gasteiger partial charge on any atom is -0.316 e. The lowest BCUT2D eigenvalue weighted by molar-refractivity contribution is -0.132. The van der Waals surface area contributed by atoms with E-state index in [0.29, 0.717) is 11.7 Å². The Morgan fingerprint density at radius 3 is 2.71 bits per heavy atom. The average molecular weight is 238 g/mol. The van der Waals surface area contributed by atoms with Crippen molar-refractivity contribution in [3.05, 3.63) is 0 Å². The third-order valence-corrected chi connectivity index (χ3v) is 4.36. The van der Waals surface area contributed by atoms with E-state index in [-0.39, 0.29) is 11.5 Å². The van der Waals surface area contributed by atoms with Gasteiger partial charge in [-0.1, -0.05) is 27.7 Å². The Balaban J connectivity index is 2.20. The summed E-state index contributed by atoms with van der Waals surface area (Å²) in [5.74, 6) is 1.69. The van der Waals surface area contributed by atoms with Crippen LogP contribution in [0.1, 0.15) is 34.1 Å². The smallest absolute Gasteiger partial charge is 0.155 e. The van der Waals surface area contributed by atoms with Gasteiger partial charge < -0.3 is 5.32 Å². The van der Waals surface area contributed by atoms with E-state index in [0.717, 1.165) is 32.1 Å². The summed E-state index contributed by atoms with van der Waals surface area (Å²) in [6, 6.07) is 0.151. The van der Waals surface area contributed by atoms with Crippen molar-refractivity contribution in [1.82, 2.24) is 10.2 Å². The first-order chi connectivity index (χ1) is 7.95. The van der Waals surface area contributed by atoms with Gasteiger partial charge in [0, 0.05) is 18.5 Å². The maximum Gasteiger partial charge on any atom is 0.155 e. The molecule has 0 spiro atoms. The van der Waals surface area contributed by atoms with Gasteiger partial charge in [-0.25, -0.2) is 0 Å². The van der Waals surface area contributed by atoms with E-state index in [2.05, 4.69) is 17.1 Å². The van der Waals surface area contributed by atoms with E-state index in [9.17, 15) is 4.79 Å². The highest BCUT2D eigenvalue weighted by atomic mass is 16.1. The number of rotatable bonds is 2. The number of hydrogen-bond acceptors (Lipinski definition) is 3. The Bertz CT molecular complexity index is 295. The molecule has 98 valence electrons. The monoisotopic (exact) mass is 238 g/mol. The lowest BCUT2D eigenvalue weighted by atomic mass is 9.77. The van der Waals surface area contributed by atoms with Crippen LogP contribution in [0.25, 0.3) is 0 Å². The largest absolute Gasteiger partial charge is 0.316 e. The van der Waals surface area contributed by atoms with Crippen molar-refractivity contribution in [3.8, 4) is 0 Å². The normalized spacial score (nSPS) is 34.7. The van der Waals surface area contributed by atoms with Gasteiger partial charge in [0.05, 0.1) is 6.04 Å². The number of likely N-dealkylation sites (tertiary alicyclic amines) is 1. The number of carbonyl (C=O) groups is 1. The molecule has 3 unspecified atom stereocenters. The molecule has 2 rings (SSSR count). The van der Waals surface area contributed by atoms with Crippen LogP contribution in [0.4, 0.5) is 0 Å². The van der Waals surface area contributed by atoms with Crippen LogP contribution in [0.5, 0.6) is 0 Å². The Morgan fingerprint density at radius 2 is 2.12 bits per heavy atom. The summed E-state index contributed by atoms with van der Waals surface area (Å²) >= 11 is 0. The third kappa shape index (κ3) is 2.41. The Kier molecular flexibility index (Phi) is 3.60. The Labute approximate surface area is 105 Å². The molecule has 2 saturated heterocycles. The summed E-state index contributed by atoms with van der Waals surface area (Å²) in [4.78, 5) is 15.0. The molecule has 2 fully saturated rings. The number of likely N-dealkylation sites (N-methyl/N-ethyl adjacent to an activating group) is 1. The predicted octanol–water partition coefficient (Wildman–Crippen LogP) is 1.53. The molecule has 3 atom stereocenters. The zero-order chi connectivity index (χ0) is 12.6. The highest BCUT2D eigenvalue weighted by molar-refractivity contribution is 5.89. The number of carbonyl (C=O) groups excluding carboxylic acids is 1. The van der Waals surface area contributed by atoms with Crippen LogP contribution in [-0.4, -0.2) is 42.9 Å². The van der Waals surface area contributed by atoms with E-state index < -0.39 is 0 Å². The van der Waals surface area contributed by atoms with Gasteiger partial charge in [-0.2, -0.15) is 0 Å². The molecule has 1 N–H and O–H groups in total. The summed E-state index contributed by atoms with van der Waals surface area (Å²) in [6.07, 6.45) is 1.23. The number of piperidine rings is 1. The van der Waals surface area contributed by atoms with Gasteiger partial charge in [0.25, 0.3) is 0 Å². The van der Waals surface area contributed by atoms with Crippen molar-refractivity contribution < 1.29 is 4.79 Å². The van der Waals surface area contributed by atoms with Gasteiger partial charge in [-0.3, -0.25) is 9.69 Å². The van der Waals surface area contributed by atoms with Gasteiger partial charge in [-0.15, -0.1) is 0 Å². The van der Waals surface area contributed by atoms with Crippen LogP contribution in [-0.2, 0) is 4.79 Å².